The number of nitrogens with two attached hydrogens (primary N) is 1. The Labute approximate surface area is 115 Å². The van der Waals surface area contributed by atoms with E-state index in [1.54, 1.807) is 12.3 Å². The standard InChI is InChI=1S/C15H15F3N2/c1-2-9-3-4-11(20-8-9)7-14(19)15-12(17)5-10(16)6-13(15)18/h3-6,8,14H,2,7,19H2,1H3. The quantitative estimate of drug-likeness (QED) is 0.933. The molecule has 2 nitrogen and oxygen atoms in total. The molecule has 0 fully saturated rings. The molecule has 1 aromatic heterocycles. The molecule has 20 heavy (non-hydrogen) atoms. The Bertz CT molecular complexity index is 574. The van der Waals surface area contributed by atoms with Gasteiger partial charge in [-0.25, -0.2) is 13.2 Å². The Hall–Kier alpha value is -1.88. The zero-order valence-electron chi connectivity index (χ0n) is 11.0. The average Bonchev–Trinajstić information content (AvgIpc) is 2.38. The Morgan fingerprint density at radius 2 is 1.80 bits per heavy atom. The van der Waals surface area contributed by atoms with E-state index in [-0.39, 0.29) is 12.0 Å². The molecule has 0 aliphatic carbocycles. The van der Waals surface area contributed by atoms with Gasteiger partial charge in [0, 0.05) is 42.0 Å². The van der Waals surface area contributed by atoms with Crippen molar-refractivity contribution in [2.75, 3.05) is 0 Å². The first-order chi connectivity index (χ1) is 9.51. The fraction of sp³-hybridized carbons (Fsp3) is 0.267. The van der Waals surface area contributed by atoms with Gasteiger partial charge >= 0.3 is 0 Å². The summed E-state index contributed by atoms with van der Waals surface area (Å²) in [6.07, 6.45) is 2.75. The molecule has 1 heterocycles. The molecule has 1 atom stereocenters. The first kappa shape index (κ1) is 14.5. The number of aryl methyl sites for hydroxylation is 1. The molecule has 106 valence electrons. The number of hydrogen-bond donors (Lipinski definition) is 1. The fourth-order valence-electron chi connectivity index (χ4n) is 2.02. The molecule has 2 rings (SSSR count). The zero-order chi connectivity index (χ0) is 14.7. The van der Waals surface area contributed by atoms with Crippen LogP contribution in [0.5, 0.6) is 0 Å². The number of nitrogens with zero attached hydrogens (tertiary/aromatic N) is 1. The highest BCUT2D eigenvalue weighted by atomic mass is 19.1. The second-order valence-corrected chi connectivity index (χ2v) is 4.61. The van der Waals surface area contributed by atoms with Crippen molar-refractivity contribution in [3.05, 3.63) is 64.7 Å². The Kier molecular flexibility index (Phi) is 4.39. The molecule has 0 saturated carbocycles. The van der Waals surface area contributed by atoms with Crippen LogP contribution in [0.1, 0.15) is 29.8 Å². The van der Waals surface area contributed by atoms with Crippen LogP contribution in [0.25, 0.3) is 0 Å². The van der Waals surface area contributed by atoms with E-state index in [0.29, 0.717) is 17.8 Å². The first-order valence-electron chi connectivity index (χ1n) is 6.35. The third-order valence-corrected chi connectivity index (χ3v) is 3.14. The molecule has 2 N–H and O–H groups in total. The SMILES string of the molecule is CCc1ccc(CC(N)c2c(F)cc(F)cc2F)nc1. The van der Waals surface area contributed by atoms with E-state index in [9.17, 15) is 13.2 Å². The van der Waals surface area contributed by atoms with Gasteiger partial charge in [-0.1, -0.05) is 13.0 Å². The second kappa shape index (κ2) is 6.05. The van der Waals surface area contributed by atoms with Crippen LogP contribution < -0.4 is 5.73 Å². The summed E-state index contributed by atoms with van der Waals surface area (Å²) in [4.78, 5) is 4.19. The lowest BCUT2D eigenvalue weighted by atomic mass is 10.0. The van der Waals surface area contributed by atoms with Crippen molar-refractivity contribution in [3.8, 4) is 0 Å². The Morgan fingerprint density at radius 1 is 1.15 bits per heavy atom. The molecule has 0 bridgehead atoms. The number of hydrogen-bond acceptors (Lipinski definition) is 2. The predicted octanol–water partition coefficient (Wildman–Crippen LogP) is 3.30. The van der Waals surface area contributed by atoms with E-state index in [4.69, 9.17) is 5.73 Å². The minimum Gasteiger partial charge on any atom is -0.323 e. The van der Waals surface area contributed by atoms with Gasteiger partial charge in [0.2, 0.25) is 0 Å². The summed E-state index contributed by atoms with van der Waals surface area (Å²) in [6, 6.07) is 4.03. The van der Waals surface area contributed by atoms with Crippen molar-refractivity contribution in [3.63, 3.8) is 0 Å². The summed E-state index contributed by atoms with van der Waals surface area (Å²) in [6.45, 7) is 2.01. The fourth-order valence-corrected chi connectivity index (χ4v) is 2.02. The van der Waals surface area contributed by atoms with Gasteiger partial charge in [-0.2, -0.15) is 0 Å². The average molecular weight is 280 g/mol. The van der Waals surface area contributed by atoms with Gasteiger partial charge in [0.1, 0.15) is 17.5 Å². The van der Waals surface area contributed by atoms with Crippen LogP contribution in [0.2, 0.25) is 0 Å². The van der Waals surface area contributed by atoms with Crippen LogP contribution >= 0.6 is 0 Å². The monoisotopic (exact) mass is 280 g/mol. The third-order valence-electron chi connectivity index (χ3n) is 3.14. The van der Waals surface area contributed by atoms with Gasteiger partial charge in [-0.3, -0.25) is 4.98 Å². The maximum Gasteiger partial charge on any atom is 0.133 e. The van der Waals surface area contributed by atoms with Crippen LogP contribution in [0, 0.1) is 17.5 Å². The number of rotatable bonds is 4. The van der Waals surface area contributed by atoms with Crippen LogP contribution in [0.15, 0.2) is 30.5 Å². The van der Waals surface area contributed by atoms with Crippen molar-refractivity contribution in [1.82, 2.24) is 4.98 Å². The predicted molar refractivity (Wildman–Crippen MR) is 70.6 cm³/mol. The highest BCUT2D eigenvalue weighted by molar-refractivity contribution is 5.26. The van der Waals surface area contributed by atoms with Gasteiger partial charge in [-0.15, -0.1) is 0 Å². The molecule has 1 aromatic carbocycles. The van der Waals surface area contributed by atoms with Gasteiger partial charge in [0.05, 0.1) is 0 Å². The lowest BCUT2D eigenvalue weighted by Crippen LogP contribution is -2.18. The number of pyridine rings is 1. The molecular weight excluding hydrogens is 265 g/mol. The molecule has 1 unspecified atom stereocenters. The summed E-state index contributed by atoms with van der Waals surface area (Å²) in [5, 5.41) is 0. The van der Waals surface area contributed by atoms with Gasteiger partial charge < -0.3 is 5.73 Å². The van der Waals surface area contributed by atoms with Crippen molar-refractivity contribution in [2.45, 2.75) is 25.8 Å². The summed E-state index contributed by atoms with van der Waals surface area (Å²) in [5.41, 5.74) is 7.20. The molecule has 5 heteroatoms. The van der Waals surface area contributed by atoms with E-state index in [0.717, 1.165) is 12.0 Å². The van der Waals surface area contributed by atoms with E-state index < -0.39 is 23.5 Å². The van der Waals surface area contributed by atoms with Crippen LogP contribution in [-0.2, 0) is 12.8 Å². The Balaban J connectivity index is 2.21. The van der Waals surface area contributed by atoms with Crippen molar-refractivity contribution in [1.29, 1.82) is 0 Å². The number of benzene rings is 1. The minimum atomic E-state index is -0.972. The third kappa shape index (κ3) is 3.17. The maximum absolute atomic E-state index is 13.6. The van der Waals surface area contributed by atoms with E-state index in [1.807, 2.05) is 13.0 Å². The van der Waals surface area contributed by atoms with Gasteiger partial charge in [-0.05, 0) is 18.1 Å². The Morgan fingerprint density at radius 3 is 2.30 bits per heavy atom. The molecule has 0 radical (unpaired) electrons. The summed E-state index contributed by atoms with van der Waals surface area (Å²) in [5.74, 6) is -2.90. The zero-order valence-corrected chi connectivity index (χ0v) is 11.0. The van der Waals surface area contributed by atoms with Crippen molar-refractivity contribution >= 4 is 0 Å². The molecule has 0 aliphatic rings. The summed E-state index contributed by atoms with van der Waals surface area (Å²) >= 11 is 0. The van der Waals surface area contributed by atoms with Crippen LogP contribution in [-0.4, -0.2) is 4.98 Å². The second-order valence-electron chi connectivity index (χ2n) is 4.61. The summed E-state index contributed by atoms with van der Waals surface area (Å²) in [7, 11) is 0. The van der Waals surface area contributed by atoms with Crippen molar-refractivity contribution < 1.29 is 13.2 Å². The van der Waals surface area contributed by atoms with Crippen molar-refractivity contribution in [2.24, 2.45) is 5.73 Å². The lowest BCUT2D eigenvalue weighted by Gasteiger charge is -2.14. The molecular formula is C15H15F3N2. The van der Waals surface area contributed by atoms with Crippen LogP contribution in [0.4, 0.5) is 13.2 Å². The topological polar surface area (TPSA) is 38.9 Å². The molecule has 0 aliphatic heterocycles. The van der Waals surface area contributed by atoms with E-state index in [1.165, 1.54) is 0 Å². The minimum absolute atomic E-state index is 0.184. The molecule has 0 saturated heterocycles. The number of halogens is 3. The summed E-state index contributed by atoms with van der Waals surface area (Å²) < 4.78 is 40.1. The van der Waals surface area contributed by atoms with Gasteiger partial charge in [0.25, 0.3) is 0 Å². The number of aromatic nitrogens is 1. The molecule has 0 amide bonds. The molecule has 2 aromatic rings. The first-order valence-corrected chi connectivity index (χ1v) is 6.35. The smallest absolute Gasteiger partial charge is 0.133 e. The highest BCUT2D eigenvalue weighted by Gasteiger charge is 2.19. The van der Waals surface area contributed by atoms with Gasteiger partial charge in [0.15, 0.2) is 0 Å². The van der Waals surface area contributed by atoms with Crippen LogP contribution in [0.3, 0.4) is 0 Å². The maximum atomic E-state index is 13.6. The van der Waals surface area contributed by atoms with E-state index in [2.05, 4.69) is 4.98 Å². The normalized spacial score (nSPS) is 12.4. The van der Waals surface area contributed by atoms with E-state index >= 15 is 0 Å². The molecule has 0 spiro atoms. The largest absolute Gasteiger partial charge is 0.323 e. The highest BCUT2D eigenvalue weighted by Crippen LogP contribution is 2.23. The lowest BCUT2D eigenvalue weighted by molar-refractivity contribution is 0.500.